The summed E-state index contributed by atoms with van der Waals surface area (Å²) >= 11 is 6.12. The van der Waals surface area contributed by atoms with Crippen molar-refractivity contribution in [1.82, 2.24) is 10.2 Å². The second kappa shape index (κ2) is 9.92. The number of halogens is 1. The van der Waals surface area contributed by atoms with E-state index in [4.69, 9.17) is 11.6 Å². The van der Waals surface area contributed by atoms with Gasteiger partial charge >= 0.3 is 11.8 Å². The van der Waals surface area contributed by atoms with E-state index >= 15 is 0 Å². The number of carbonyl (C=O) groups excluding carboxylic acids is 2. The Hall–Kier alpha value is -2.57. The Morgan fingerprint density at radius 2 is 1.81 bits per heavy atom. The number of nitrogens with zero attached hydrogens (tertiary/aromatic N) is 2. The van der Waals surface area contributed by atoms with Crippen LogP contribution in [0.1, 0.15) is 42.0 Å². The molecule has 2 aliphatic heterocycles. The van der Waals surface area contributed by atoms with E-state index in [1.54, 1.807) is 12.1 Å². The lowest BCUT2D eigenvalue weighted by Gasteiger charge is -2.35. The monoisotopic (exact) mass is 454 g/mol. The molecule has 0 bridgehead atoms. The SMILES string of the molecule is Cc1ccc(NC(=O)C(=O)NC[C@@H](c2ccc3c(c2)CCN3C)N2CCCCC2)cc1Cl. The first-order valence-electron chi connectivity index (χ1n) is 11.4. The zero-order chi connectivity index (χ0) is 22.7. The van der Waals surface area contributed by atoms with Crippen molar-refractivity contribution in [3.63, 3.8) is 0 Å². The maximum atomic E-state index is 12.6. The summed E-state index contributed by atoms with van der Waals surface area (Å²) in [6.45, 7) is 5.33. The lowest BCUT2D eigenvalue weighted by atomic mass is 9.98. The molecule has 0 unspecified atom stereocenters. The number of nitrogens with one attached hydrogen (secondary N) is 2. The Morgan fingerprint density at radius 1 is 1.03 bits per heavy atom. The smallest absolute Gasteiger partial charge is 0.313 e. The fraction of sp³-hybridized carbons (Fsp3) is 0.440. The fourth-order valence-electron chi connectivity index (χ4n) is 4.61. The third-order valence-corrected chi connectivity index (χ3v) is 6.95. The van der Waals surface area contributed by atoms with Crippen molar-refractivity contribution in [2.75, 3.05) is 43.4 Å². The third-order valence-electron chi connectivity index (χ3n) is 6.54. The molecule has 0 radical (unpaired) electrons. The van der Waals surface area contributed by atoms with Gasteiger partial charge < -0.3 is 15.5 Å². The molecule has 2 aromatic rings. The minimum atomic E-state index is -0.683. The van der Waals surface area contributed by atoms with Crippen molar-refractivity contribution in [3.8, 4) is 0 Å². The molecule has 0 spiro atoms. The fourth-order valence-corrected chi connectivity index (χ4v) is 4.79. The number of anilines is 2. The normalized spacial score (nSPS) is 17.0. The number of rotatable bonds is 5. The molecule has 4 rings (SSSR count). The van der Waals surface area contributed by atoms with Gasteiger partial charge in [-0.3, -0.25) is 14.5 Å². The number of fused-ring (bicyclic) bond motifs is 1. The van der Waals surface area contributed by atoms with Crippen LogP contribution in [0.5, 0.6) is 0 Å². The second-order valence-corrected chi connectivity index (χ2v) is 9.21. The number of likely N-dealkylation sites (tertiary alicyclic amines) is 1. The second-order valence-electron chi connectivity index (χ2n) is 8.80. The summed E-state index contributed by atoms with van der Waals surface area (Å²) in [5.74, 6) is -1.32. The highest BCUT2D eigenvalue weighted by Crippen LogP contribution is 2.32. The van der Waals surface area contributed by atoms with Crippen molar-refractivity contribution in [1.29, 1.82) is 0 Å². The topological polar surface area (TPSA) is 64.7 Å². The van der Waals surface area contributed by atoms with Gasteiger partial charge in [0.05, 0.1) is 6.04 Å². The zero-order valence-electron chi connectivity index (χ0n) is 18.8. The van der Waals surface area contributed by atoms with Gasteiger partial charge in [-0.2, -0.15) is 0 Å². The number of benzene rings is 2. The van der Waals surface area contributed by atoms with Gasteiger partial charge in [-0.05, 0) is 74.2 Å². The van der Waals surface area contributed by atoms with Gasteiger partial charge in [0.1, 0.15) is 0 Å². The van der Waals surface area contributed by atoms with Gasteiger partial charge in [-0.1, -0.05) is 36.2 Å². The molecule has 7 heteroatoms. The zero-order valence-corrected chi connectivity index (χ0v) is 19.5. The van der Waals surface area contributed by atoms with E-state index in [0.29, 0.717) is 17.3 Å². The van der Waals surface area contributed by atoms with E-state index in [2.05, 4.69) is 45.7 Å². The lowest BCUT2D eigenvalue weighted by molar-refractivity contribution is -0.136. The van der Waals surface area contributed by atoms with Crippen LogP contribution < -0.4 is 15.5 Å². The Morgan fingerprint density at radius 3 is 2.56 bits per heavy atom. The summed E-state index contributed by atoms with van der Waals surface area (Å²) in [5, 5.41) is 6.05. The van der Waals surface area contributed by atoms with Gasteiger partial charge in [0.15, 0.2) is 0 Å². The number of carbonyl (C=O) groups is 2. The molecule has 2 amide bonds. The number of hydrogen-bond acceptors (Lipinski definition) is 4. The van der Waals surface area contributed by atoms with Crippen LogP contribution in [0.4, 0.5) is 11.4 Å². The highest BCUT2D eigenvalue weighted by Gasteiger charge is 2.26. The van der Waals surface area contributed by atoms with Crippen molar-refractivity contribution in [2.24, 2.45) is 0 Å². The minimum absolute atomic E-state index is 0.0528. The van der Waals surface area contributed by atoms with Crippen LogP contribution in [-0.2, 0) is 16.0 Å². The van der Waals surface area contributed by atoms with Crippen LogP contribution in [0.3, 0.4) is 0 Å². The van der Waals surface area contributed by atoms with Gasteiger partial charge in [0, 0.05) is 36.5 Å². The average Bonchev–Trinajstić information content (AvgIpc) is 3.17. The highest BCUT2D eigenvalue weighted by atomic mass is 35.5. The van der Waals surface area contributed by atoms with Crippen molar-refractivity contribution < 1.29 is 9.59 Å². The van der Waals surface area contributed by atoms with Crippen LogP contribution in [0.2, 0.25) is 5.02 Å². The molecule has 2 aromatic carbocycles. The van der Waals surface area contributed by atoms with Gasteiger partial charge in [-0.25, -0.2) is 0 Å². The first-order valence-corrected chi connectivity index (χ1v) is 11.7. The Bertz CT molecular complexity index is 1000. The molecule has 6 nitrogen and oxygen atoms in total. The molecule has 0 saturated carbocycles. The highest BCUT2D eigenvalue weighted by molar-refractivity contribution is 6.39. The van der Waals surface area contributed by atoms with Crippen molar-refractivity contribution in [2.45, 2.75) is 38.6 Å². The molecule has 1 fully saturated rings. The van der Waals surface area contributed by atoms with E-state index in [-0.39, 0.29) is 6.04 Å². The summed E-state index contributed by atoms with van der Waals surface area (Å²) in [4.78, 5) is 29.7. The van der Waals surface area contributed by atoms with Crippen LogP contribution >= 0.6 is 11.6 Å². The summed E-state index contributed by atoms with van der Waals surface area (Å²) in [7, 11) is 2.12. The van der Waals surface area contributed by atoms with Gasteiger partial charge in [0.25, 0.3) is 0 Å². The maximum Gasteiger partial charge on any atom is 0.313 e. The quantitative estimate of drug-likeness (QED) is 0.672. The first kappa shape index (κ1) is 22.6. The first-order chi connectivity index (χ1) is 15.4. The van der Waals surface area contributed by atoms with E-state index in [0.717, 1.165) is 44.5 Å². The van der Waals surface area contributed by atoms with Gasteiger partial charge in [0.2, 0.25) is 0 Å². The summed E-state index contributed by atoms with van der Waals surface area (Å²) in [6.07, 6.45) is 4.60. The Kier molecular flexibility index (Phi) is 7.01. The standard InChI is InChI=1S/C25H31ClN4O2/c1-17-6-8-20(15-21(17)26)28-25(32)24(31)27-16-23(30-11-4-3-5-12-30)18-7-9-22-19(14-18)10-13-29(22)2/h6-9,14-15,23H,3-5,10-13,16H2,1-2H3,(H,27,31)(H,28,32)/t23-/m0/s1. The van der Waals surface area contributed by atoms with Crippen molar-refractivity contribution >= 4 is 34.8 Å². The minimum Gasteiger partial charge on any atom is -0.374 e. The molecule has 2 N–H and O–H groups in total. The lowest BCUT2D eigenvalue weighted by Crippen LogP contribution is -2.43. The molecule has 2 heterocycles. The number of aryl methyl sites for hydroxylation is 1. The molecular weight excluding hydrogens is 424 g/mol. The van der Waals surface area contributed by atoms with E-state index in [1.165, 1.54) is 23.2 Å². The van der Waals surface area contributed by atoms with Crippen LogP contribution in [-0.4, -0.2) is 49.9 Å². The predicted molar refractivity (Wildman–Crippen MR) is 129 cm³/mol. The summed E-state index contributed by atoms with van der Waals surface area (Å²) in [6, 6.07) is 11.9. The summed E-state index contributed by atoms with van der Waals surface area (Å²) < 4.78 is 0. The maximum absolute atomic E-state index is 12.6. The molecule has 0 aliphatic carbocycles. The third kappa shape index (κ3) is 5.08. The molecule has 170 valence electrons. The van der Waals surface area contributed by atoms with E-state index < -0.39 is 11.8 Å². The molecule has 32 heavy (non-hydrogen) atoms. The van der Waals surface area contributed by atoms with Crippen LogP contribution in [0.25, 0.3) is 0 Å². The Balaban J connectivity index is 1.44. The number of amides is 2. The number of piperidine rings is 1. The Labute approximate surface area is 194 Å². The molecule has 1 saturated heterocycles. The molecule has 1 atom stereocenters. The number of likely N-dealkylation sites (N-methyl/N-ethyl adjacent to an activating group) is 1. The van der Waals surface area contributed by atoms with Crippen molar-refractivity contribution in [3.05, 3.63) is 58.1 Å². The van der Waals surface area contributed by atoms with Crippen LogP contribution in [0.15, 0.2) is 36.4 Å². The molecule has 0 aromatic heterocycles. The molecular formula is C25H31ClN4O2. The van der Waals surface area contributed by atoms with Crippen LogP contribution in [0, 0.1) is 6.92 Å². The van der Waals surface area contributed by atoms with E-state index in [9.17, 15) is 9.59 Å². The van der Waals surface area contributed by atoms with E-state index in [1.807, 2.05) is 13.0 Å². The average molecular weight is 455 g/mol. The summed E-state index contributed by atoms with van der Waals surface area (Å²) in [5.41, 5.74) is 5.26. The predicted octanol–water partition coefficient (Wildman–Crippen LogP) is 3.92. The van der Waals surface area contributed by atoms with Gasteiger partial charge in [-0.15, -0.1) is 0 Å². The molecule has 2 aliphatic rings. The largest absolute Gasteiger partial charge is 0.374 e. The number of hydrogen-bond donors (Lipinski definition) is 2.